The minimum absolute atomic E-state index is 0.234. The second-order valence-electron chi connectivity index (χ2n) is 5.30. The molecule has 5 heteroatoms. The largest absolute Gasteiger partial charge is 0.315 e. The quantitative estimate of drug-likeness (QED) is 0.766. The fourth-order valence-electron chi connectivity index (χ4n) is 2.08. The van der Waals surface area contributed by atoms with Gasteiger partial charge in [0, 0.05) is 0 Å². The molecule has 0 spiro atoms. The van der Waals surface area contributed by atoms with E-state index in [1.165, 1.54) is 0 Å². The minimum Gasteiger partial charge on any atom is -0.233 e. The van der Waals surface area contributed by atoms with Crippen LogP contribution < -0.4 is 0 Å². The summed E-state index contributed by atoms with van der Waals surface area (Å²) in [5, 5.41) is 0. The molecular formula is C11H23NO2PS+. The molecular weight excluding hydrogens is 241 g/mol. The van der Waals surface area contributed by atoms with Gasteiger partial charge in [0.25, 0.3) is 0 Å². The van der Waals surface area contributed by atoms with Gasteiger partial charge >= 0.3 is 7.72 Å². The van der Waals surface area contributed by atoms with Gasteiger partial charge in [-0.3, -0.25) is 0 Å². The maximum Gasteiger partial charge on any atom is 0.315 e. The van der Waals surface area contributed by atoms with E-state index in [0.29, 0.717) is 11.6 Å². The highest BCUT2D eigenvalue weighted by Gasteiger charge is 2.55. The Balaban J connectivity index is 2.93. The van der Waals surface area contributed by atoms with Crippen LogP contribution in [0.1, 0.15) is 47.5 Å². The van der Waals surface area contributed by atoms with Crippen LogP contribution in [0.3, 0.4) is 0 Å². The molecule has 0 saturated carbocycles. The Morgan fingerprint density at radius 1 is 1.25 bits per heavy atom. The van der Waals surface area contributed by atoms with E-state index in [1.54, 1.807) is 11.8 Å². The Morgan fingerprint density at radius 2 is 1.81 bits per heavy atom. The second-order valence-corrected chi connectivity index (χ2v) is 9.86. The highest BCUT2D eigenvalue weighted by Crippen LogP contribution is 2.62. The third kappa shape index (κ3) is 3.19. The summed E-state index contributed by atoms with van der Waals surface area (Å²) in [6.45, 7) is 10.1. The second kappa shape index (κ2) is 4.56. The Morgan fingerprint density at radius 3 is 2.19 bits per heavy atom. The normalized spacial score (nSPS) is 23.3. The van der Waals surface area contributed by atoms with Crippen LogP contribution in [0, 0.1) is 0 Å². The highest BCUT2D eigenvalue weighted by molar-refractivity contribution is 8.05. The van der Waals surface area contributed by atoms with Crippen molar-refractivity contribution in [3.63, 3.8) is 0 Å². The van der Waals surface area contributed by atoms with Crippen molar-refractivity contribution < 1.29 is 9.79 Å². The van der Waals surface area contributed by atoms with Crippen LogP contribution in [0.25, 0.3) is 0 Å². The third-order valence-corrected chi connectivity index (χ3v) is 6.30. The molecule has 1 heterocycles. The first kappa shape index (κ1) is 14.4. The number of rotatable bonds is 4. The van der Waals surface area contributed by atoms with Crippen molar-refractivity contribution in [1.82, 2.24) is 0 Å². The summed E-state index contributed by atoms with van der Waals surface area (Å²) in [4.78, 5) is 24.8. The van der Waals surface area contributed by atoms with Crippen molar-refractivity contribution in [1.29, 1.82) is 0 Å². The first-order valence-corrected chi connectivity index (χ1v) is 8.45. The molecule has 0 atom stereocenters. The summed E-state index contributed by atoms with van der Waals surface area (Å²) >= 11 is 1.70. The van der Waals surface area contributed by atoms with E-state index >= 15 is 0 Å². The Labute approximate surface area is 103 Å². The van der Waals surface area contributed by atoms with Gasteiger partial charge < -0.3 is 0 Å². The fraction of sp³-hybridized carbons (Fsp3) is 0.909. The van der Waals surface area contributed by atoms with E-state index in [2.05, 4.69) is 11.9 Å². The first-order valence-electron chi connectivity index (χ1n) is 5.75. The minimum atomic E-state index is -2.98. The zero-order chi connectivity index (χ0) is 12.6. The lowest BCUT2D eigenvalue weighted by atomic mass is 10.2. The SMILES string of the molecule is CCCC[P+](O)(O)C1=NC(C)(C)SC1(C)C. The standard InChI is InChI=1S/C11H23NO2PS/c1-6-7-8-15(13,14)9-10(2,3)16-11(4,5)12-9/h13-14H,6-8H2,1-5H3/q+1. The summed E-state index contributed by atoms with van der Waals surface area (Å²) in [5.74, 6) is 0. The Kier molecular flexibility index (Phi) is 4.12. The van der Waals surface area contributed by atoms with Crippen molar-refractivity contribution in [3.8, 4) is 0 Å². The molecule has 0 saturated heterocycles. The van der Waals surface area contributed by atoms with Gasteiger partial charge in [-0.15, -0.1) is 11.8 Å². The van der Waals surface area contributed by atoms with Crippen molar-refractivity contribution >= 4 is 24.9 Å². The molecule has 2 N–H and O–H groups in total. The van der Waals surface area contributed by atoms with Crippen LogP contribution in [-0.2, 0) is 0 Å². The van der Waals surface area contributed by atoms with Gasteiger partial charge in [0.15, 0.2) is 0 Å². The zero-order valence-corrected chi connectivity index (χ0v) is 12.5. The number of unbranched alkanes of at least 4 members (excludes halogenated alkanes) is 1. The molecule has 0 aromatic carbocycles. The van der Waals surface area contributed by atoms with Gasteiger partial charge in [-0.05, 0) is 34.1 Å². The molecule has 1 aliphatic rings. The number of thioether (sulfide) groups is 1. The maximum atomic E-state index is 10.2. The van der Waals surface area contributed by atoms with Gasteiger partial charge in [-0.2, -0.15) is 0 Å². The summed E-state index contributed by atoms with van der Waals surface area (Å²) < 4.78 is -0.255. The molecule has 0 unspecified atom stereocenters. The van der Waals surface area contributed by atoms with Crippen molar-refractivity contribution in [3.05, 3.63) is 0 Å². The lowest BCUT2D eigenvalue weighted by Crippen LogP contribution is -2.28. The molecule has 0 bridgehead atoms. The molecule has 0 radical (unpaired) electrons. The molecule has 1 rings (SSSR count). The molecule has 1 aliphatic heterocycles. The topological polar surface area (TPSA) is 52.8 Å². The molecule has 0 aromatic heterocycles. The number of hydrogen-bond donors (Lipinski definition) is 2. The summed E-state index contributed by atoms with van der Waals surface area (Å²) in [5.41, 5.74) is 0.628. The van der Waals surface area contributed by atoms with Gasteiger partial charge in [-0.1, -0.05) is 13.3 Å². The van der Waals surface area contributed by atoms with Gasteiger partial charge in [0.1, 0.15) is 11.0 Å². The van der Waals surface area contributed by atoms with Crippen molar-refractivity contribution in [2.45, 2.75) is 57.1 Å². The molecule has 0 aliphatic carbocycles. The first-order chi connectivity index (χ1) is 7.11. The summed E-state index contributed by atoms with van der Waals surface area (Å²) in [6, 6.07) is 0. The van der Waals surface area contributed by atoms with Gasteiger partial charge in [-0.25, -0.2) is 14.8 Å². The van der Waals surface area contributed by atoms with E-state index in [-0.39, 0.29) is 9.62 Å². The maximum absolute atomic E-state index is 10.2. The summed E-state index contributed by atoms with van der Waals surface area (Å²) in [6.07, 6.45) is 2.30. The Bertz CT molecular complexity index is 300. The average molecular weight is 264 g/mol. The predicted octanol–water partition coefficient (Wildman–Crippen LogP) is 3.28. The fourth-order valence-corrected chi connectivity index (χ4v) is 6.49. The third-order valence-electron chi connectivity index (χ3n) is 2.58. The van der Waals surface area contributed by atoms with Crippen molar-refractivity contribution in [2.24, 2.45) is 4.99 Å². The van der Waals surface area contributed by atoms with Crippen LogP contribution in [0.15, 0.2) is 4.99 Å². The van der Waals surface area contributed by atoms with E-state index in [4.69, 9.17) is 0 Å². The summed E-state index contributed by atoms with van der Waals surface area (Å²) in [7, 11) is -2.98. The average Bonchev–Trinajstić information content (AvgIpc) is 2.31. The molecule has 0 aromatic rings. The van der Waals surface area contributed by atoms with E-state index in [9.17, 15) is 9.79 Å². The zero-order valence-electron chi connectivity index (χ0n) is 10.8. The van der Waals surface area contributed by atoms with E-state index < -0.39 is 7.72 Å². The van der Waals surface area contributed by atoms with E-state index in [1.807, 2.05) is 27.7 Å². The molecule has 3 nitrogen and oxygen atoms in total. The number of nitrogens with zero attached hydrogens (tertiary/aromatic N) is 1. The molecule has 0 fully saturated rings. The highest BCUT2D eigenvalue weighted by atomic mass is 32.2. The van der Waals surface area contributed by atoms with Crippen LogP contribution in [0.2, 0.25) is 0 Å². The monoisotopic (exact) mass is 264 g/mol. The van der Waals surface area contributed by atoms with Crippen LogP contribution >= 0.6 is 19.5 Å². The molecule has 0 amide bonds. The lowest BCUT2D eigenvalue weighted by molar-refractivity contribution is 0.463. The Hall–Kier alpha value is 0.370. The van der Waals surface area contributed by atoms with Crippen LogP contribution in [0.5, 0.6) is 0 Å². The van der Waals surface area contributed by atoms with Crippen LogP contribution in [0.4, 0.5) is 0 Å². The molecule has 94 valence electrons. The van der Waals surface area contributed by atoms with Crippen molar-refractivity contribution in [2.75, 3.05) is 6.16 Å². The van der Waals surface area contributed by atoms with Crippen LogP contribution in [-0.4, -0.2) is 31.0 Å². The van der Waals surface area contributed by atoms with Gasteiger partial charge in [0.2, 0.25) is 5.45 Å². The smallest absolute Gasteiger partial charge is 0.233 e. The van der Waals surface area contributed by atoms with E-state index in [0.717, 1.165) is 12.8 Å². The predicted molar refractivity (Wildman–Crippen MR) is 74.3 cm³/mol. The lowest BCUT2D eigenvalue weighted by Gasteiger charge is -2.23. The van der Waals surface area contributed by atoms with Gasteiger partial charge in [0.05, 0.1) is 4.75 Å². The number of aliphatic imine (C=N–C) groups is 1. The molecule has 16 heavy (non-hydrogen) atoms. The number of hydrogen-bond acceptors (Lipinski definition) is 4.